The van der Waals surface area contributed by atoms with Gasteiger partial charge in [0.25, 0.3) is 5.91 Å². The minimum Gasteiger partial charge on any atom is -0.508 e. The monoisotopic (exact) mass is 487 g/mol. The highest BCUT2D eigenvalue weighted by molar-refractivity contribution is 7.99. The standard InChI is InChI=1S/C26H25N5O3S/c1-16-6-4-5-7-21(16)25(34)28-22-13-10-19(14-17(22)2)27-23(33)15-35-26-30-29-24(31(26)3)18-8-11-20(32)12-9-18/h4-14,32H,15H2,1-3H3,(H,27,33)(H,28,34). The molecule has 2 amide bonds. The van der Waals surface area contributed by atoms with Crippen molar-refractivity contribution in [3.8, 4) is 17.1 Å². The molecule has 4 aromatic rings. The molecular formula is C26H25N5O3S. The number of nitrogens with zero attached hydrogens (tertiary/aromatic N) is 3. The van der Waals surface area contributed by atoms with Crippen LogP contribution in [0.25, 0.3) is 11.4 Å². The molecule has 0 fully saturated rings. The number of benzene rings is 3. The van der Waals surface area contributed by atoms with Gasteiger partial charge in [-0.05, 0) is 73.5 Å². The van der Waals surface area contributed by atoms with E-state index >= 15 is 0 Å². The second-order valence-corrected chi connectivity index (χ2v) is 8.99. The molecule has 9 heteroatoms. The molecule has 35 heavy (non-hydrogen) atoms. The van der Waals surface area contributed by atoms with Gasteiger partial charge in [0.15, 0.2) is 11.0 Å². The van der Waals surface area contributed by atoms with Crippen LogP contribution in [0.3, 0.4) is 0 Å². The molecule has 1 heterocycles. The number of carbonyl (C=O) groups is 2. The molecule has 3 N–H and O–H groups in total. The molecule has 0 unspecified atom stereocenters. The van der Waals surface area contributed by atoms with Gasteiger partial charge in [0.1, 0.15) is 5.75 Å². The van der Waals surface area contributed by atoms with Crippen LogP contribution in [0.4, 0.5) is 11.4 Å². The molecule has 0 atom stereocenters. The Morgan fingerprint density at radius 3 is 2.40 bits per heavy atom. The minimum absolute atomic E-state index is 0.159. The molecular weight excluding hydrogens is 462 g/mol. The van der Waals surface area contributed by atoms with Gasteiger partial charge in [-0.15, -0.1) is 10.2 Å². The Kier molecular flexibility index (Phi) is 7.17. The van der Waals surface area contributed by atoms with Crippen molar-refractivity contribution in [3.63, 3.8) is 0 Å². The maximum Gasteiger partial charge on any atom is 0.255 e. The van der Waals surface area contributed by atoms with E-state index in [0.717, 1.165) is 16.7 Å². The van der Waals surface area contributed by atoms with E-state index in [1.54, 1.807) is 47.0 Å². The van der Waals surface area contributed by atoms with E-state index in [0.29, 0.717) is 27.9 Å². The molecule has 0 saturated heterocycles. The number of phenols is 1. The van der Waals surface area contributed by atoms with Crippen LogP contribution in [0.15, 0.2) is 71.9 Å². The Bertz CT molecular complexity index is 1380. The first-order valence-corrected chi connectivity index (χ1v) is 11.9. The first-order chi connectivity index (χ1) is 16.8. The summed E-state index contributed by atoms with van der Waals surface area (Å²) in [6.07, 6.45) is 0. The number of hydrogen-bond acceptors (Lipinski definition) is 6. The van der Waals surface area contributed by atoms with Crippen LogP contribution in [0, 0.1) is 13.8 Å². The van der Waals surface area contributed by atoms with Gasteiger partial charge in [0, 0.05) is 29.5 Å². The lowest BCUT2D eigenvalue weighted by Gasteiger charge is -2.12. The molecule has 0 aliphatic rings. The molecule has 4 rings (SSSR count). The average molecular weight is 488 g/mol. The van der Waals surface area contributed by atoms with Crippen molar-refractivity contribution in [1.82, 2.24) is 14.8 Å². The summed E-state index contributed by atoms with van der Waals surface area (Å²) in [6.45, 7) is 3.77. The second kappa shape index (κ2) is 10.4. The number of thioether (sulfide) groups is 1. The number of nitrogens with one attached hydrogen (secondary N) is 2. The first-order valence-electron chi connectivity index (χ1n) is 10.9. The highest BCUT2D eigenvalue weighted by Crippen LogP contribution is 2.25. The quantitative estimate of drug-likeness (QED) is 0.324. The van der Waals surface area contributed by atoms with Crippen molar-refractivity contribution in [2.24, 2.45) is 7.05 Å². The number of anilines is 2. The lowest BCUT2D eigenvalue weighted by molar-refractivity contribution is -0.113. The number of rotatable bonds is 7. The lowest BCUT2D eigenvalue weighted by atomic mass is 10.1. The van der Waals surface area contributed by atoms with Crippen LogP contribution >= 0.6 is 11.8 Å². The molecule has 0 spiro atoms. The molecule has 3 aromatic carbocycles. The van der Waals surface area contributed by atoms with Crippen molar-refractivity contribution >= 4 is 35.0 Å². The normalized spacial score (nSPS) is 10.7. The maximum absolute atomic E-state index is 12.6. The maximum atomic E-state index is 12.6. The Morgan fingerprint density at radius 2 is 1.69 bits per heavy atom. The number of amides is 2. The summed E-state index contributed by atoms with van der Waals surface area (Å²) in [7, 11) is 1.83. The van der Waals surface area contributed by atoms with Crippen LogP contribution in [0.5, 0.6) is 5.75 Å². The summed E-state index contributed by atoms with van der Waals surface area (Å²) in [5.74, 6) is 0.632. The van der Waals surface area contributed by atoms with Gasteiger partial charge in [-0.1, -0.05) is 30.0 Å². The van der Waals surface area contributed by atoms with Gasteiger partial charge in [0.2, 0.25) is 5.91 Å². The van der Waals surface area contributed by atoms with E-state index in [9.17, 15) is 14.7 Å². The fourth-order valence-electron chi connectivity index (χ4n) is 3.53. The lowest BCUT2D eigenvalue weighted by Crippen LogP contribution is -2.16. The highest BCUT2D eigenvalue weighted by atomic mass is 32.2. The van der Waals surface area contributed by atoms with E-state index in [2.05, 4.69) is 20.8 Å². The minimum atomic E-state index is -0.180. The molecule has 0 aliphatic heterocycles. The number of aromatic nitrogens is 3. The highest BCUT2D eigenvalue weighted by Gasteiger charge is 2.14. The Morgan fingerprint density at radius 1 is 0.943 bits per heavy atom. The van der Waals surface area contributed by atoms with Gasteiger partial charge in [-0.3, -0.25) is 9.59 Å². The average Bonchev–Trinajstić information content (AvgIpc) is 3.20. The Balaban J connectivity index is 1.35. The third-order valence-electron chi connectivity index (χ3n) is 5.44. The van der Waals surface area contributed by atoms with Crippen LogP contribution < -0.4 is 10.6 Å². The van der Waals surface area contributed by atoms with Crippen molar-refractivity contribution in [3.05, 3.63) is 83.4 Å². The van der Waals surface area contributed by atoms with E-state index in [-0.39, 0.29) is 23.3 Å². The topological polar surface area (TPSA) is 109 Å². The van der Waals surface area contributed by atoms with E-state index in [1.807, 2.05) is 45.2 Å². The molecule has 0 aliphatic carbocycles. The van der Waals surface area contributed by atoms with Crippen LogP contribution in [-0.4, -0.2) is 37.4 Å². The molecule has 8 nitrogen and oxygen atoms in total. The van der Waals surface area contributed by atoms with Crippen LogP contribution in [-0.2, 0) is 11.8 Å². The summed E-state index contributed by atoms with van der Waals surface area (Å²) >= 11 is 1.28. The van der Waals surface area contributed by atoms with E-state index in [4.69, 9.17) is 0 Å². The van der Waals surface area contributed by atoms with Gasteiger partial charge < -0.3 is 20.3 Å². The zero-order valence-corrected chi connectivity index (χ0v) is 20.4. The molecule has 0 radical (unpaired) electrons. The number of aryl methyl sites for hydroxylation is 2. The smallest absolute Gasteiger partial charge is 0.255 e. The largest absolute Gasteiger partial charge is 0.508 e. The van der Waals surface area contributed by atoms with Crippen molar-refractivity contribution in [2.75, 3.05) is 16.4 Å². The predicted octanol–water partition coefficient (Wildman–Crippen LogP) is 4.79. The van der Waals surface area contributed by atoms with E-state index < -0.39 is 0 Å². The molecule has 0 bridgehead atoms. The number of phenolic OH excluding ortho intramolecular Hbond substituents is 1. The Labute approximate surface area is 207 Å². The van der Waals surface area contributed by atoms with Gasteiger partial charge >= 0.3 is 0 Å². The second-order valence-electron chi connectivity index (χ2n) is 8.05. The summed E-state index contributed by atoms with van der Waals surface area (Å²) in [5.41, 5.74) is 4.51. The zero-order chi connectivity index (χ0) is 24.9. The summed E-state index contributed by atoms with van der Waals surface area (Å²) < 4.78 is 1.81. The number of hydrogen-bond donors (Lipinski definition) is 3. The fourth-order valence-corrected chi connectivity index (χ4v) is 4.24. The van der Waals surface area contributed by atoms with Gasteiger partial charge in [-0.2, -0.15) is 0 Å². The molecule has 0 saturated carbocycles. The number of carbonyl (C=O) groups excluding carboxylic acids is 2. The molecule has 178 valence electrons. The van der Waals surface area contributed by atoms with Crippen molar-refractivity contribution < 1.29 is 14.7 Å². The molecule has 1 aromatic heterocycles. The third kappa shape index (κ3) is 5.70. The van der Waals surface area contributed by atoms with Crippen LogP contribution in [0.1, 0.15) is 21.5 Å². The third-order valence-corrected chi connectivity index (χ3v) is 6.46. The SMILES string of the molecule is Cc1cc(NC(=O)CSc2nnc(-c3ccc(O)cc3)n2C)ccc1NC(=O)c1ccccc1C. The summed E-state index contributed by atoms with van der Waals surface area (Å²) in [5, 5.41) is 24.2. The van der Waals surface area contributed by atoms with Crippen molar-refractivity contribution in [1.29, 1.82) is 0 Å². The van der Waals surface area contributed by atoms with E-state index in [1.165, 1.54) is 11.8 Å². The summed E-state index contributed by atoms with van der Waals surface area (Å²) in [6, 6.07) is 19.5. The zero-order valence-electron chi connectivity index (χ0n) is 19.6. The van der Waals surface area contributed by atoms with Gasteiger partial charge in [0.05, 0.1) is 5.75 Å². The summed E-state index contributed by atoms with van der Waals surface area (Å²) in [4.78, 5) is 25.1. The fraction of sp³-hybridized carbons (Fsp3) is 0.154. The Hall–Kier alpha value is -4.11. The van der Waals surface area contributed by atoms with Crippen molar-refractivity contribution in [2.45, 2.75) is 19.0 Å². The van der Waals surface area contributed by atoms with Gasteiger partial charge in [-0.25, -0.2) is 0 Å². The van der Waals surface area contributed by atoms with Crippen LogP contribution in [0.2, 0.25) is 0 Å². The first kappa shape index (κ1) is 24.0. The predicted molar refractivity (Wildman–Crippen MR) is 138 cm³/mol. The number of aromatic hydroxyl groups is 1.